The molecule has 0 spiro atoms. The Kier molecular flexibility index (Phi) is 7.09. The lowest BCUT2D eigenvalue weighted by molar-refractivity contribution is -0.135. The lowest BCUT2D eigenvalue weighted by Gasteiger charge is -2.23. The average molecular weight is 254 g/mol. The number of alkyl halides is 3. The van der Waals surface area contributed by atoms with Crippen LogP contribution in [0.25, 0.3) is 0 Å². The van der Waals surface area contributed by atoms with E-state index < -0.39 is 12.6 Å². The quantitative estimate of drug-likeness (QED) is 0.685. The van der Waals surface area contributed by atoms with Crippen LogP contribution in [0.5, 0.6) is 0 Å². The second-order valence-electron chi connectivity index (χ2n) is 5.78. The van der Waals surface area contributed by atoms with Gasteiger partial charge >= 0.3 is 6.18 Å². The van der Waals surface area contributed by atoms with Gasteiger partial charge in [-0.15, -0.1) is 0 Å². The third-order valence-electron chi connectivity index (χ3n) is 2.38. The summed E-state index contributed by atoms with van der Waals surface area (Å²) < 4.78 is 35.5. The van der Waals surface area contributed by atoms with Crippen LogP contribution in [0.2, 0.25) is 0 Å². The van der Waals surface area contributed by atoms with Crippen molar-refractivity contribution in [3.8, 4) is 0 Å². The number of hydrogen-bond acceptors (Lipinski definition) is 2. The lowest BCUT2D eigenvalue weighted by Crippen LogP contribution is -2.31. The second-order valence-corrected chi connectivity index (χ2v) is 5.78. The zero-order valence-corrected chi connectivity index (χ0v) is 11.0. The molecule has 5 heteroatoms. The van der Waals surface area contributed by atoms with Crippen molar-refractivity contribution in [3.63, 3.8) is 0 Å². The molecule has 0 aliphatic rings. The number of nitrogens with two attached hydrogens (primary N) is 1. The van der Waals surface area contributed by atoms with Crippen molar-refractivity contribution >= 4 is 0 Å². The monoisotopic (exact) mass is 254 g/mol. The Labute approximate surface area is 102 Å². The Hall–Kier alpha value is -0.290. The SMILES string of the molecule is CC(C)(C)CC(N)CCNCCCC(F)(F)F. The van der Waals surface area contributed by atoms with Gasteiger partial charge in [0, 0.05) is 12.5 Å². The van der Waals surface area contributed by atoms with Crippen LogP contribution < -0.4 is 11.1 Å². The van der Waals surface area contributed by atoms with Crippen LogP contribution in [0.3, 0.4) is 0 Å². The Morgan fingerprint density at radius 1 is 1.12 bits per heavy atom. The van der Waals surface area contributed by atoms with Crippen LogP contribution in [0.1, 0.15) is 46.5 Å². The van der Waals surface area contributed by atoms with E-state index in [0.29, 0.717) is 13.1 Å². The molecular formula is C12H25F3N2. The normalized spacial score (nSPS) is 15.0. The maximum atomic E-state index is 11.8. The second kappa shape index (κ2) is 7.21. The molecule has 0 saturated carbocycles. The molecule has 0 bridgehead atoms. The maximum absolute atomic E-state index is 11.8. The zero-order valence-electron chi connectivity index (χ0n) is 11.0. The number of nitrogens with one attached hydrogen (secondary N) is 1. The highest BCUT2D eigenvalue weighted by Crippen LogP contribution is 2.21. The van der Waals surface area contributed by atoms with Crippen molar-refractivity contribution in [2.24, 2.45) is 11.1 Å². The van der Waals surface area contributed by atoms with E-state index in [1.165, 1.54) is 0 Å². The van der Waals surface area contributed by atoms with Crippen molar-refractivity contribution in [1.82, 2.24) is 5.32 Å². The Morgan fingerprint density at radius 3 is 2.18 bits per heavy atom. The van der Waals surface area contributed by atoms with Gasteiger partial charge in [-0.05, 0) is 37.8 Å². The Morgan fingerprint density at radius 2 is 1.71 bits per heavy atom. The van der Waals surface area contributed by atoms with E-state index in [2.05, 4.69) is 26.1 Å². The standard InChI is InChI=1S/C12H25F3N2/c1-11(2,3)9-10(16)5-8-17-7-4-6-12(13,14)15/h10,17H,4-9,16H2,1-3H3. The van der Waals surface area contributed by atoms with Crippen LogP contribution in [0, 0.1) is 5.41 Å². The first-order valence-electron chi connectivity index (χ1n) is 6.13. The zero-order chi connectivity index (χ0) is 13.5. The Bertz CT molecular complexity index is 197. The summed E-state index contributed by atoms with van der Waals surface area (Å²) in [5, 5.41) is 2.99. The largest absolute Gasteiger partial charge is 0.389 e. The van der Waals surface area contributed by atoms with Crippen molar-refractivity contribution in [2.75, 3.05) is 13.1 Å². The van der Waals surface area contributed by atoms with Crippen molar-refractivity contribution < 1.29 is 13.2 Å². The predicted octanol–water partition coefficient (Wildman–Crippen LogP) is 3.07. The van der Waals surface area contributed by atoms with E-state index in [1.54, 1.807) is 0 Å². The first kappa shape index (κ1) is 16.7. The van der Waals surface area contributed by atoms with Gasteiger partial charge in [-0.1, -0.05) is 20.8 Å². The summed E-state index contributed by atoms with van der Waals surface area (Å²) in [7, 11) is 0. The molecule has 3 N–H and O–H groups in total. The minimum atomic E-state index is -4.04. The summed E-state index contributed by atoms with van der Waals surface area (Å²) in [6.07, 6.45) is -2.88. The van der Waals surface area contributed by atoms with E-state index in [9.17, 15) is 13.2 Å². The fourth-order valence-corrected chi connectivity index (χ4v) is 1.71. The summed E-state index contributed by atoms with van der Waals surface area (Å²) in [5.41, 5.74) is 6.13. The molecule has 0 saturated heterocycles. The molecule has 0 aromatic carbocycles. The van der Waals surface area contributed by atoms with Crippen LogP contribution in [-0.2, 0) is 0 Å². The molecular weight excluding hydrogens is 229 g/mol. The smallest absolute Gasteiger partial charge is 0.328 e. The van der Waals surface area contributed by atoms with Crippen molar-refractivity contribution in [3.05, 3.63) is 0 Å². The molecule has 1 unspecified atom stereocenters. The van der Waals surface area contributed by atoms with E-state index >= 15 is 0 Å². The molecule has 0 rings (SSSR count). The van der Waals surface area contributed by atoms with Crippen LogP contribution in [0.4, 0.5) is 13.2 Å². The van der Waals surface area contributed by atoms with E-state index in [-0.39, 0.29) is 17.9 Å². The van der Waals surface area contributed by atoms with Gasteiger partial charge in [0.1, 0.15) is 0 Å². The molecule has 17 heavy (non-hydrogen) atoms. The highest BCUT2D eigenvalue weighted by atomic mass is 19.4. The minimum Gasteiger partial charge on any atom is -0.328 e. The van der Waals surface area contributed by atoms with Crippen LogP contribution in [0.15, 0.2) is 0 Å². The topological polar surface area (TPSA) is 38.0 Å². The van der Waals surface area contributed by atoms with Gasteiger partial charge in [0.15, 0.2) is 0 Å². The van der Waals surface area contributed by atoms with Crippen molar-refractivity contribution in [2.45, 2.75) is 58.7 Å². The first-order chi connectivity index (χ1) is 7.60. The van der Waals surface area contributed by atoms with Crippen LogP contribution >= 0.6 is 0 Å². The molecule has 0 aromatic heterocycles. The summed E-state index contributed by atoms with van der Waals surface area (Å²) in [6, 6.07) is 0.116. The van der Waals surface area contributed by atoms with Crippen LogP contribution in [-0.4, -0.2) is 25.3 Å². The minimum absolute atomic E-state index is 0.116. The van der Waals surface area contributed by atoms with Gasteiger partial charge in [-0.3, -0.25) is 0 Å². The molecule has 0 aliphatic heterocycles. The summed E-state index contributed by atoms with van der Waals surface area (Å²) >= 11 is 0. The molecule has 0 radical (unpaired) electrons. The van der Waals surface area contributed by atoms with Gasteiger partial charge in [0.2, 0.25) is 0 Å². The van der Waals surface area contributed by atoms with Gasteiger partial charge < -0.3 is 11.1 Å². The van der Waals surface area contributed by atoms with Crippen molar-refractivity contribution in [1.29, 1.82) is 0 Å². The predicted molar refractivity (Wildman–Crippen MR) is 64.8 cm³/mol. The maximum Gasteiger partial charge on any atom is 0.389 e. The molecule has 0 aliphatic carbocycles. The number of rotatable bonds is 7. The fourth-order valence-electron chi connectivity index (χ4n) is 1.71. The number of halogens is 3. The molecule has 0 fully saturated rings. The van der Waals surface area contributed by atoms with Gasteiger partial charge in [-0.25, -0.2) is 0 Å². The molecule has 104 valence electrons. The highest BCUT2D eigenvalue weighted by Gasteiger charge is 2.25. The molecule has 0 aromatic rings. The average Bonchev–Trinajstić information content (AvgIpc) is 2.06. The first-order valence-corrected chi connectivity index (χ1v) is 6.13. The third kappa shape index (κ3) is 13.6. The molecule has 0 heterocycles. The van der Waals surface area contributed by atoms with Gasteiger partial charge in [0.25, 0.3) is 0 Å². The Balaban J connectivity index is 3.40. The summed E-state index contributed by atoms with van der Waals surface area (Å²) in [4.78, 5) is 0. The van der Waals surface area contributed by atoms with E-state index in [1.807, 2.05) is 0 Å². The molecule has 0 amide bonds. The fraction of sp³-hybridized carbons (Fsp3) is 1.00. The van der Waals surface area contributed by atoms with E-state index in [0.717, 1.165) is 12.8 Å². The van der Waals surface area contributed by atoms with E-state index in [4.69, 9.17) is 5.73 Å². The highest BCUT2D eigenvalue weighted by molar-refractivity contribution is 4.72. The third-order valence-corrected chi connectivity index (χ3v) is 2.38. The molecule has 2 nitrogen and oxygen atoms in total. The number of hydrogen-bond donors (Lipinski definition) is 2. The van der Waals surface area contributed by atoms with Gasteiger partial charge in [0.05, 0.1) is 0 Å². The molecule has 1 atom stereocenters. The lowest BCUT2D eigenvalue weighted by atomic mass is 9.87. The van der Waals surface area contributed by atoms with Gasteiger partial charge in [-0.2, -0.15) is 13.2 Å². The summed E-state index contributed by atoms with van der Waals surface area (Å²) in [6.45, 7) is 7.48. The summed E-state index contributed by atoms with van der Waals surface area (Å²) in [5.74, 6) is 0.